The number of rotatable bonds is 8. The molecular weight excluding hydrogens is 342 g/mol. The van der Waals surface area contributed by atoms with Crippen LogP contribution in [0.15, 0.2) is 11.4 Å². The van der Waals surface area contributed by atoms with Crippen LogP contribution in [-0.2, 0) is 14.8 Å². The van der Waals surface area contributed by atoms with Crippen LogP contribution in [0.1, 0.15) is 33.1 Å². The average Bonchev–Trinajstić information content (AvgIpc) is 3.13. The van der Waals surface area contributed by atoms with Crippen molar-refractivity contribution in [3.8, 4) is 10.7 Å². The van der Waals surface area contributed by atoms with Crippen molar-refractivity contribution < 1.29 is 18.0 Å². The van der Waals surface area contributed by atoms with Crippen molar-refractivity contribution in [3.05, 3.63) is 11.4 Å². The number of hydrogen-bond donors (Lipinski definition) is 1. The van der Waals surface area contributed by atoms with Crippen molar-refractivity contribution in [3.63, 3.8) is 0 Å². The first-order chi connectivity index (χ1) is 11.0. The lowest BCUT2D eigenvalue weighted by atomic mass is 10.4. The van der Waals surface area contributed by atoms with Gasteiger partial charge in [0.05, 0.1) is 11.4 Å². The molecule has 0 bridgehead atoms. The molecule has 0 unspecified atom stereocenters. The van der Waals surface area contributed by atoms with Crippen molar-refractivity contribution in [2.45, 2.75) is 33.1 Å². The molecular formula is C12H17N5O4S2. The number of nitrogens with one attached hydrogen (secondary N) is 1. The zero-order valence-corrected chi connectivity index (χ0v) is 14.4. The van der Waals surface area contributed by atoms with Crippen LogP contribution in [0.5, 0.6) is 0 Å². The molecule has 11 heteroatoms. The number of hydrogen-bond acceptors (Lipinski definition) is 8. The predicted octanol–water partition coefficient (Wildman–Crippen LogP) is 1.31. The van der Waals surface area contributed by atoms with Gasteiger partial charge in [0.1, 0.15) is 4.88 Å². The van der Waals surface area contributed by atoms with E-state index in [0.717, 1.165) is 11.3 Å². The van der Waals surface area contributed by atoms with Gasteiger partial charge in [-0.05, 0) is 33.1 Å². The van der Waals surface area contributed by atoms with E-state index in [1.165, 1.54) is 11.3 Å². The molecule has 0 spiro atoms. The molecule has 0 saturated heterocycles. The second-order valence-corrected chi connectivity index (χ2v) is 7.39. The van der Waals surface area contributed by atoms with Crippen molar-refractivity contribution in [1.82, 2.24) is 20.4 Å². The number of anilines is 1. The predicted molar refractivity (Wildman–Crippen MR) is 85.3 cm³/mol. The van der Waals surface area contributed by atoms with Gasteiger partial charge in [-0.1, -0.05) is 20.3 Å². The average molecular weight is 359 g/mol. The fourth-order valence-electron chi connectivity index (χ4n) is 1.65. The minimum Gasteiger partial charge on any atom is -0.316 e. The van der Waals surface area contributed by atoms with Gasteiger partial charge in [-0.2, -0.15) is 0 Å². The van der Waals surface area contributed by atoms with Gasteiger partial charge in [-0.25, -0.2) is 13.2 Å². The molecule has 2 rings (SSSR count). The zero-order chi connectivity index (χ0) is 16.9. The van der Waals surface area contributed by atoms with Crippen LogP contribution in [0.3, 0.4) is 0 Å². The molecule has 23 heavy (non-hydrogen) atoms. The largest absolute Gasteiger partial charge is 0.334 e. The molecule has 1 N–H and O–H groups in total. The van der Waals surface area contributed by atoms with Gasteiger partial charge in [-0.3, -0.25) is 4.72 Å². The van der Waals surface area contributed by atoms with Gasteiger partial charge in [0, 0.05) is 6.42 Å². The van der Waals surface area contributed by atoms with Crippen molar-refractivity contribution in [2.24, 2.45) is 0 Å². The van der Waals surface area contributed by atoms with E-state index in [4.69, 9.17) is 4.84 Å². The molecule has 0 aliphatic rings. The highest BCUT2D eigenvalue weighted by Gasteiger charge is 2.20. The summed E-state index contributed by atoms with van der Waals surface area (Å²) in [4.78, 5) is 17.7. The lowest BCUT2D eigenvalue weighted by Crippen LogP contribution is -2.21. The van der Waals surface area contributed by atoms with Gasteiger partial charge >= 0.3 is 5.97 Å². The highest BCUT2D eigenvalue weighted by molar-refractivity contribution is 7.92. The van der Waals surface area contributed by atoms with Crippen LogP contribution in [-0.4, -0.2) is 40.5 Å². The van der Waals surface area contributed by atoms with Gasteiger partial charge in [-0.15, -0.1) is 16.4 Å². The molecule has 2 aromatic rings. The summed E-state index contributed by atoms with van der Waals surface area (Å²) in [6.45, 7) is 3.56. The maximum atomic E-state index is 12.0. The summed E-state index contributed by atoms with van der Waals surface area (Å²) in [6.07, 6.45) is 1.52. The summed E-state index contributed by atoms with van der Waals surface area (Å²) in [5.74, 6) is -0.302. The molecule has 0 aliphatic carbocycles. The van der Waals surface area contributed by atoms with E-state index in [0.29, 0.717) is 17.0 Å². The Labute approximate surface area is 137 Å². The van der Waals surface area contributed by atoms with Crippen LogP contribution in [0, 0.1) is 0 Å². The number of aromatic nitrogens is 4. The molecule has 0 aromatic carbocycles. The van der Waals surface area contributed by atoms with E-state index >= 15 is 0 Å². The number of thiophene rings is 1. The Bertz CT molecular complexity index is 768. The fraction of sp³-hybridized carbons (Fsp3) is 0.500. The maximum Gasteiger partial charge on any atom is 0.334 e. The third-order valence-corrected chi connectivity index (χ3v) is 5.09. The first-order valence-electron chi connectivity index (χ1n) is 7.04. The maximum absolute atomic E-state index is 12.0. The van der Waals surface area contributed by atoms with Gasteiger partial charge in [0.15, 0.2) is 0 Å². The van der Waals surface area contributed by atoms with Crippen molar-refractivity contribution >= 4 is 33.0 Å². The number of carbonyl (C=O) groups excluding carboxylic acids is 1. The van der Waals surface area contributed by atoms with Crippen LogP contribution in [0.25, 0.3) is 10.7 Å². The van der Waals surface area contributed by atoms with Crippen LogP contribution in [0.4, 0.5) is 5.69 Å². The standard InChI is InChI=1S/C12H17N5O4S2/c1-3-5-8-23(19,20)14-9-6-7-22-11(9)12-13-15-16-17(12)21-10(18)4-2/h6-7,14H,3-5,8H2,1-2H3. The minimum absolute atomic E-state index is 0.0363. The fourth-order valence-corrected chi connectivity index (χ4v) is 3.80. The Hall–Kier alpha value is -2.01. The molecule has 0 amide bonds. The smallest absolute Gasteiger partial charge is 0.316 e. The number of carbonyl (C=O) groups is 1. The lowest BCUT2D eigenvalue weighted by molar-refractivity contribution is -0.145. The summed E-state index contributed by atoms with van der Waals surface area (Å²) in [7, 11) is -3.45. The molecule has 9 nitrogen and oxygen atoms in total. The Morgan fingerprint density at radius 1 is 1.43 bits per heavy atom. The Morgan fingerprint density at radius 3 is 2.91 bits per heavy atom. The summed E-state index contributed by atoms with van der Waals surface area (Å²) >= 11 is 1.24. The minimum atomic E-state index is -3.45. The van der Waals surface area contributed by atoms with Gasteiger partial charge in [0.25, 0.3) is 0 Å². The molecule has 0 aliphatic heterocycles. The van der Waals surface area contributed by atoms with Crippen molar-refractivity contribution in [2.75, 3.05) is 10.5 Å². The molecule has 2 heterocycles. The summed E-state index contributed by atoms with van der Waals surface area (Å²) in [5, 5.41) is 12.6. The van der Waals surface area contributed by atoms with Crippen LogP contribution < -0.4 is 9.56 Å². The first-order valence-corrected chi connectivity index (χ1v) is 9.58. The highest BCUT2D eigenvalue weighted by atomic mass is 32.2. The molecule has 2 aromatic heterocycles. The monoisotopic (exact) mass is 359 g/mol. The summed E-state index contributed by atoms with van der Waals surface area (Å²) in [5.41, 5.74) is 0.356. The first kappa shape index (κ1) is 17.3. The highest BCUT2D eigenvalue weighted by Crippen LogP contribution is 2.32. The molecule has 0 saturated carbocycles. The second-order valence-electron chi connectivity index (χ2n) is 4.63. The molecule has 0 fully saturated rings. The number of tetrazole rings is 1. The number of unbranched alkanes of at least 4 members (excludes halogenated alkanes) is 1. The van der Waals surface area contributed by atoms with Gasteiger partial charge < -0.3 is 4.84 Å². The topological polar surface area (TPSA) is 116 Å². The van der Waals surface area contributed by atoms with Crippen LogP contribution >= 0.6 is 11.3 Å². The van der Waals surface area contributed by atoms with E-state index in [1.807, 2.05) is 6.92 Å². The van der Waals surface area contributed by atoms with E-state index in [-0.39, 0.29) is 18.0 Å². The second kappa shape index (κ2) is 7.51. The van der Waals surface area contributed by atoms with Crippen LogP contribution in [0.2, 0.25) is 0 Å². The molecule has 0 radical (unpaired) electrons. The van der Waals surface area contributed by atoms with E-state index < -0.39 is 16.0 Å². The normalized spacial score (nSPS) is 11.4. The van der Waals surface area contributed by atoms with E-state index in [2.05, 4.69) is 20.2 Å². The quantitative estimate of drug-likeness (QED) is 0.706. The van der Waals surface area contributed by atoms with E-state index in [1.54, 1.807) is 18.4 Å². The Morgan fingerprint density at radius 2 is 2.22 bits per heavy atom. The Kier molecular flexibility index (Phi) is 5.66. The number of nitrogens with zero attached hydrogens (tertiary/aromatic N) is 4. The SMILES string of the molecule is CCCCS(=O)(=O)Nc1ccsc1-c1nnnn1OC(=O)CC. The third kappa shape index (κ3) is 4.48. The number of sulfonamides is 1. The third-order valence-electron chi connectivity index (χ3n) is 2.82. The van der Waals surface area contributed by atoms with E-state index in [9.17, 15) is 13.2 Å². The molecule has 126 valence electrons. The summed E-state index contributed by atoms with van der Waals surface area (Å²) < 4.78 is 26.6. The lowest BCUT2D eigenvalue weighted by Gasteiger charge is -2.08. The Balaban J connectivity index is 2.25. The molecule has 0 atom stereocenters. The van der Waals surface area contributed by atoms with Gasteiger partial charge in [0.2, 0.25) is 15.8 Å². The summed E-state index contributed by atoms with van der Waals surface area (Å²) in [6, 6.07) is 1.62. The zero-order valence-electron chi connectivity index (χ0n) is 12.7. The van der Waals surface area contributed by atoms with Crippen molar-refractivity contribution in [1.29, 1.82) is 0 Å².